The molecule has 0 radical (unpaired) electrons. The van der Waals surface area contributed by atoms with E-state index in [4.69, 9.17) is 16.3 Å². The minimum absolute atomic E-state index is 0.0283. The average molecular weight is 336 g/mol. The van der Waals surface area contributed by atoms with E-state index in [2.05, 4.69) is 10.5 Å². The van der Waals surface area contributed by atoms with Crippen molar-refractivity contribution in [1.29, 1.82) is 0 Å². The number of nitrogens with zero attached hydrogens (tertiary/aromatic N) is 2. The number of halogens is 1. The zero-order chi connectivity index (χ0) is 16.6. The van der Waals surface area contributed by atoms with E-state index in [0.29, 0.717) is 10.7 Å². The molecule has 7 nitrogen and oxygen atoms in total. The molecule has 1 aromatic carbocycles. The van der Waals surface area contributed by atoms with Crippen molar-refractivity contribution in [1.82, 2.24) is 5.43 Å². The van der Waals surface area contributed by atoms with Gasteiger partial charge in [-0.05, 0) is 31.2 Å². The molecule has 3 rings (SSSR count). The fraction of sp³-hybridized carbons (Fsp3) is 0.333. The quantitative estimate of drug-likeness (QED) is 0.663. The second-order valence-corrected chi connectivity index (χ2v) is 5.77. The third-order valence-electron chi connectivity index (χ3n) is 3.78. The van der Waals surface area contributed by atoms with E-state index in [0.717, 1.165) is 4.90 Å². The van der Waals surface area contributed by atoms with E-state index in [9.17, 15) is 14.4 Å². The van der Waals surface area contributed by atoms with E-state index in [-0.39, 0.29) is 31.1 Å². The lowest BCUT2D eigenvalue weighted by atomic mass is 9.93. The van der Waals surface area contributed by atoms with Gasteiger partial charge in [0.1, 0.15) is 11.3 Å². The summed E-state index contributed by atoms with van der Waals surface area (Å²) in [7, 11) is 0. The first-order chi connectivity index (χ1) is 11.0. The van der Waals surface area contributed by atoms with Gasteiger partial charge in [0.25, 0.3) is 5.91 Å². The second-order valence-electron chi connectivity index (χ2n) is 5.34. The Morgan fingerprint density at radius 2 is 2.04 bits per heavy atom. The summed E-state index contributed by atoms with van der Waals surface area (Å²) >= 11 is 5.82. The third kappa shape index (κ3) is 2.57. The number of carbonyl (C=O) groups excluding carboxylic acids is 3. The monoisotopic (exact) mass is 335 g/mol. The molecule has 0 aromatic heterocycles. The Morgan fingerprint density at radius 1 is 1.35 bits per heavy atom. The molecule has 1 N–H and O–H groups in total. The Morgan fingerprint density at radius 3 is 2.70 bits per heavy atom. The molecule has 2 heterocycles. The Kier molecular flexibility index (Phi) is 3.81. The van der Waals surface area contributed by atoms with Gasteiger partial charge < -0.3 is 4.74 Å². The molecule has 2 aliphatic heterocycles. The van der Waals surface area contributed by atoms with Crippen molar-refractivity contribution in [2.24, 2.45) is 5.10 Å². The molecule has 120 valence electrons. The summed E-state index contributed by atoms with van der Waals surface area (Å²) in [5.41, 5.74) is 2.01. The highest BCUT2D eigenvalue weighted by atomic mass is 35.5. The van der Waals surface area contributed by atoms with Crippen molar-refractivity contribution in [3.63, 3.8) is 0 Å². The van der Waals surface area contributed by atoms with Gasteiger partial charge in [0, 0.05) is 11.4 Å². The maximum Gasteiger partial charge on any atom is 0.354 e. The number of imide groups is 1. The third-order valence-corrected chi connectivity index (χ3v) is 4.04. The number of hydrazone groups is 1. The summed E-state index contributed by atoms with van der Waals surface area (Å²) in [5.74, 6) is -1.37. The van der Waals surface area contributed by atoms with Crippen molar-refractivity contribution in [2.75, 3.05) is 11.5 Å². The predicted octanol–water partition coefficient (Wildman–Crippen LogP) is 1.25. The zero-order valence-electron chi connectivity index (χ0n) is 12.3. The highest BCUT2D eigenvalue weighted by molar-refractivity contribution is 6.39. The molecule has 1 atom stereocenters. The molecule has 0 bridgehead atoms. The molecular formula is C15H14ClN3O4. The molecule has 8 heteroatoms. The van der Waals surface area contributed by atoms with Gasteiger partial charge in [-0.3, -0.25) is 15.0 Å². The second kappa shape index (κ2) is 5.66. The number of hydrogen-bond donors (Lipinski definition) is 1. The van der Waals surface area contributed by atoms with Crippen LogP contribution in [0.5, 0.6) is 0 Å². The number of ether oxygens (including phenoxy) is 1. The highest BCUT2D eigenvalue weighted by Gasteiger charge is 2.56. The minimum atomic E-state index is -1.21. The van der Waals surface area contributed by atoms with E-state index in [1.54, 1.807) is 31.2 Å². The average Bonchev–Trinajstić information content (AvgIpc) is 3.04. The first-order valence-electron chi connectivity index (χ1n) is 7.10. The van der Waals surface area contributed by atoms with Gasteiger partial charge in [-0.1, -0.05) is 11.6 Å². The van der Waals surface area contributed by atoms with Gasteiger partial charge in [0.15, 0.2) is 0 Å². The van der Waals surface area contributed by atoms with Crippen molar-refractivity contribution < 1.29 is 19.1 Å². The summed E-state index contributed by atoms with van der Waals surface area (Å²) in [6.07, 6.45) is -0.0403. The number of nitrogens with one attached hydrogen (secondary N) is 1. The molecule has 0 aliphatic carbocycles. The lowest BCUT2D eigenvalue weighted by Crippen LogP contribution is -2.47. The Hall–Kier alpha value is -2.41. The number of hydrogen-bond acceptors (Lipinski definition) is 6. The van der Waals surface area contributed by atoms with Crippen LogP contribution in [0.2, 0.25) is 5.02 Å². The number of carbonyl (C=O) groups is 3. The van der Waals surface area contributed by atoms with E-state index in [1.165, 1.54) is 0 Å². The Balaban J connectivity index is 1.83. The molecule has 2 aliphatic rings. The molecule has 2 amide bonds. The van der Waals surface area contributed by atoms with Crippen LogP contribution < -0.4 is 10.3 Å². The van der Waals surface area contributed by atoms with Crippen LogP contribution in [0.4, 0.5) is 5.69 Å². The van der Waals surface area contributed by atoms with Crippen molar-refractivity contribution >= 4 is 40.8 Å². The lowest BCUT2D eigenvalue weighted by Gasteiger charge is -2.21. The lowest BCUT2D eigenvalue weighted by molar-refractivity contribution is -0.135. The van der Waals surface area contributed by atoms with Crippen LogP contribution in [-0.4, -0.2) is 35.6 Å². The van der Waals surface area contributed by atoms with Crippen molar-refractivity contribution in [3.05, 3.63) is 29.3 Å². The van der Waals surface area contributed by atoms with Crippen LogP contribution in [0.3, 0.4) is 0 Å². The van der Waals surface area contributed by atoms with Gasteiger partial charge in [-0.15, -0.1) is 0 Å². The molecule has 1 aromatic rings. The van der Waals surface area contributed by atoms with Gasteiger partial charge >= 0.3 is 5.97 Å². The summed E-state index contributed by atoms with van der Waals surface area (Å²) in [5, 5.41) is 4.40. The molecule has 0 saturated carbocycles. The summed E-state index contributed by atoms with van der Waals surface area (Å²) in [4.78, 5) is 37.9. The SMILES string of the molecule is CCOC(=O)C1=NNC2(CC(=O)N(c3ccc(Cl)cc3)C2=O)C1. The van der Waals surface area contributed by atoms with Crippen molar-refractivity contribution in [2.45, 2.75) is 25.3 Å². The molecule has 1 fully saturated rings. The first kappa shape index (κ1) is 15.5. The maximum atomic E-state index is 12.7. The van der Waals surface area contributed by atoms with Crippen LogP contribution in [0, 0.1) is 0 Å². The number of esters is 1. The van der Waals surface area contributed by atoms with E-state index >= 15 is 0 Å². The van der Waals surface area contributed by atoms with E-state index < -0.39 is 17.4 Å². The normalized spacial score (nSPS) is 23.2. The minimum Gasteiger partial charge on any atom is -0.461 e. The summed E-state index contributed by atoms with van der Waals surface area (Å²) in [6, 6.07) is 6.40. The van der Waals surface area contributed by atoms with Gasteiger partial charge in [0.2, 0.25) is 5.91 Å². The Labute approximate surface area is 137 Å². The van der Waals surface area contributed by atoms with Gasteiger partial charge in [-0.25, -0.2) is 9.69 Å². The first-order valence-corrected chi connectivity index (χ1v) is 7.48. The smallest absolute Gasteiger partial charge is 0.354 e. The van der Waals surface area contributed by atoms with Crippen LogP contribution >= 0.6 is 11.6 Å². The summed E-state index contributed by atoms with van der Waals surface area (Å²) < 4.78 is 4.88. The zero-order valence-corrected chi connectivity index (χ0v) is 13.1. The molecular weight excluding hydrogens is 322 g/mol. The number of amides is 2. The topological polar surface area (TPSA) is 88.1 Å². The summed E-state index contributed by atoms with van der Waals surface area (Å²) in [6.45, 7) is 1.90. The molecule has 1 saturated heterocycles. The van der Waals surface area contributed by atoms with Gasteiger partial charge in [0.05, 0.1) is 18.7 Å². The van der Waals surface area contributed by atoms with Crippen molar-refractivity contribution in [3.8, 4) is 0 Å². The fourth-order valence-corrected chi connectivity index (χ4v) is 2.81. The van der Waals surface area contributed by atoms with Crippen LogP contribution in [0.15, 0.2) is 29.4 Å². The predicted molar refractivity (Wildman–Crippen MR) is 83.1 cm³/mol. The van der Waals surface area contributed by atoms with Gasteiger partial charge in [-0.2, -0.15) is 5.10 Å². The number of anilines is 1. The fourth-order valence-electron chi connectivity index (χ4n) is 2.69. The largest absolute Gasteiger partial charge is 0.461 e. The van der Waals surface area contributed by atoms with Crippen LogP contribution in [0.25, 0.3) is 0 Å². The Bertz CT molecular complexity index is 716. The molecule has 1 spiro atoms. The number of benzene rings is 1. The maximum absolute atomic E-state index is 12.7. The standard InChI is InChI=1S/C15H14ClN3O4/c1-2-23-13(21)11-7-15(18-17-11)8-12(20)19(14(15)22)10-5-3-9(16)4-6-10/h3-6,18H,2,7-8H2,1H3. The molecule has 1 unspecified atom stereocenters. The van der Waals surface area contributed by atoms with Crippen LogP contribution in [-0.2, 0) is 19.1 Å². The number of rotatable bonds is 3. The highest BCUT2D eigenvalue weighted by Crippen LogP contribution is 2.35. The molecule has 23 heavy (non-hydrogen) atoms. The van der Waals surface area contributed by atoms with Crippen LogP contribution in [0.1, 0.15) is 19.8 Å². The van der Waals surface area contributed by atoms with E-state index in [1.807, 2.05) is 0 Å².